The van der Waals surface area contributed by atoms with E-state index in [1.54, 1.807) is 0 Å². The second kappa shape index (κ2) is 18.8. The Morgan fingerprint density at radius 1 is 1.08 bits per heavy atom. The third-order valence-electron chi connectivity index (χ3n) is 11.2. The van der Waals surface area contributed by atoms with Gasteiger partial charge in [0.2, 0.25) is 12.4 Å². The van der Waals surface area contributed by atoms with E-state index in [9.17, 15) is 40.2 Å². The molecule has 9 N–H and O–H groups in total. The van der Waals surface area contributed by atoms with Crippen molar-refractivity contribution in [1.82, 2.24) is 5.32 Å². The number of rotatable bonds is 10. The lowest BCUT2D eigenvalue weighted by molar-refractivity contribution is -0.342. The second-order valence-corrected chi connectivity index (χ2v) is 17.5. The average molecular weight is 862 g/mol. The van der Waals surface area contributed by atoms with Gasteiger partial charge in [0.15, 0.2) is 11.7 Å². The summed E-state index contributed by atoms with van der Waals surface area (Å²) in [5.74, 6) is -2.56. The molecule has 3 aromatic rings. The topological polar surface area (TPSA) is 243 Å². The molecule has 10 atom stereocenters. The summed E-state index contributed by atoms with van der Waals surface area (Å²) in [7, 11) is 2.84. The van der Waals surface area contributed by atoms with Gasteiger partial charge in [0.1, 0.15) is 47.4 Å². The van der Waals surface area contributed by atoms with Crippen LogP contribution in [0.1, 0.15) is 30.0 Å². The van der Waals surface area contributed by atoms with Gasteiger partial charge in [0, 0.05) is 24.6 Å². The van der Waals surface area contributed by atoms with Crippen LogP contribution in [0.15, 0.2) is 95.5 Å². The Morgan fingerprint density at radius 2 is 1.85 bits per heavy atom. The van der Waals surface area contributed by atoms with Crippen molar-refractivity contribution in [3.63, 3.8) is 0 Å². The van der Waals surface area contributed by atoms with Crippen LogP contribution in [0.3, 0.4) is 0 Å². The fourth-order valence-electron chi connectivity index (χ4n) is 7.96. The Balaban J connectivity index is 1.20. The summed E-state index contributed by atoms with van der Waals surface area (Å²) in [6.07, 6.45) is -2.20. The molecule has 4 heterocycles. The van der Waals surface area contributed by atoms with E-state index in [-0.39, 0.29) is 64.4 Å². The number of nitrogens with zero attached hydrogens (tertiary/aromatic N) is 1. The molecule has 17 heteroatoms. The second-order valence-electron chi connectivity index (χ2n) is 15.0. The number of carbonyl (C=O) groups excluding carboxylic acids is 1. The van der Waals surface area contributed by atoms with Gasteiger partial charge in [-0.15, -0.1) is 0 Å². The highest BCUT2D eigenvalue weighted by Crippen LogP contribution is 2.44. The Hall–Kier alpha value is -4.85. The minimum Gasteiger partial charge on any atom is -0.508 e. The molecular formula is C43H47N3O12S2. The van der Waals surface area contributed by atoms with Crippen molar-refractivity contribution in [1.29, 1.82) is 0 Å². The molecule has 4 aliphatic rings. The summed E-state index contributed by atoms with van der Waals surface area (Å²) in [5.41, 5.74) is 5.75. The number of aromatic hydroxyl groups is 1. The lowest BCUT2D eigenvalue weighted by atomic mass is 9.77. The van der Waals surface area contributed by atoms with Gasteiger partial charge >= 0.3 is 5.97 Å². The number of phenolic OH excluding ortho intramolecular Hbond substituents is 1. The number of aliphatic hydroxyl groups is 4. The molecule has 1 amide bonds. The Morgan fingerprint density at radius 3 is 2.55 bits per heavy atom. The van der Waals surface area contributed by atoms with Gasteiger partial charge in [-0.05, 0) is 65.1 Å². The van der Waals surface area contributed by atoms with Gasteiger partial charge in [-0.1, -0.05) is 89.2 Å². The largest absolute Gasteiger partial charge is 0.508 e. The number of hydrogen-bond donors (Lipinski definition) is 8. The normalized spacial score (nSPS) is 30.2. The number of aliphatic hydroxyl groups excluding tert-OH is 3. The van der Waals surface area contributed by atoms with E-state index >= 15 is 0 Å². The van der Waals surface area contributed by atoms with E-state index in [4.69, 9.17) is 24.7 Å². The molecule has 10 unspecified atom stereocenters. The number of benzene rings is 3. The van der Waals surface area contributed by atoms with Crippen molar-refractivity contribution in [3.05, 3.63) is 107 Å². The van der Waals surface area contributed by atoms with Crippen molar-refractivity contribution < 1.29 is 59.2 Å². The number of carboxylic acid groups (broad SMARTS) is 1. The number of phenols is 1. The van der Waals surface area contributed by atoms with Crippen LogP contribution >= 0.6 is 21.6 Å². The van der Waals surface area contributed by atoms with Crippen LogP contribution < -0.4 is 20.5 Å². The van der Waals surface area contributed by atoms with Crippen LogP contribution in [0.5, 0.6) is 17.2 Å². The summed E-state index contributed by atoms with van der Waals surface area (Å²) in [6, 6.07) is 19.7. The number of hydrogen-bond acceptors (Lipinski definition) is 15. The van der Waals surface area contributed by atoms with Crippen LogP contribution in [-0.4, -0.2) is 116 Å². The Labute approximate surface area is 354 Å². The van der Waals surface area contributed by atoms with Crippen LogP contribution in [0, 0.1) is 17.8 Å². The number of aliphatic imine (C=N–C) groups is 1. The number of primary amides is 1. The SMILES string of the molecule is CC(CC=Cc1ccccc1)C1CNC(O)C2(O)C(Oc3ccc4c(c3)OC(C(N)=O)C(c3ccc(O)cc3)=C4O)OC(C(=O)O)C(O)C2OCSSCC1C1=CCN=C1. The minimum absolute atomic E-state index is 0.0187. The molecule has 3 aromatic carbocycles. The molecule has 0 aliphatic carbocycles. The number of ether oxygens (including phenoxy) is 4. The van der Waals surface area contributed by atoms with E-state index in [1.165, 1.54) is 64.1 Å². The number of nitrogens with two attached hydrogens (primary N) is 1. The van der Waals surface area contributed by atoms with Crippen LogP contribution in [0.25, 0.3) is 17.4 Å². The lowest BCUT2D eigenvalue weighted by Crippen LogP contribution is -2.75. The van der Waals surface area contributed by atoms with Crippen molar-refractivity contribution in [2.75, 3.05) is 24.8 Å². The minimum atomic E-state index is -2.64. The maximum atomic E-state index is 12.6. The first-order valence-corrected chi connectivity index (χ1v) is 21.8. The Kier molecular flexibility index (Phi) is 13.6. The summed E-state index contributed by atoms with van der Waals surface area (Å²) < 4.78 is 23.9. The maximum absolute atomic E-state index is 12.6. The zero-order valence-electron chi connectivity index (χ0n) is 32.4. The van der Waals surface area contributed by atoms with E-state index in [1.807, 2.05) is 36.5 Å². The molecule has 15 nitrogen and oxygen atoms in total. The summed E-state index contributed by atoms with van der Waals surface area (Å²) in [4.78, 5) is 29.5. The summed E-state index contributed by atoms with van der Waals surface area (Å²) in [5, 5.41) is 70.4. The maximum Gasteiger partial charge on any atom is 0.335 e. The molecular weight excluding hydrogens is 815 g/mol. The molecule has 0 radical (unpaired) electrons. The number of fused-ring (bicyclic) bond motifs is 2. The molecule has 60 heavy (non-hydrogen) atoms. The van der Waals surface area contributed by atoms with Crippen LogP contribution in [0.2, 0.25) is 0 Å². The number of allylic oxidation sites excluding steroid dienone is 2. The quantitative estimate of drug-likeness (QED) is 0.135. The average Bonchev–Trinajstić information content (AvgIpc) is 3.77. The van der Waals surface area contributed by atoms with Gasteiger partial charge in [-0.3, -0.25) is 15.1 Å². The third kappa shape index (κ3) is 9.08. The standard InChI is InChI=1S/C43H47N3O12S2/c1-23(6-5-9-24-7-3-2-4-8-24)30-20-46-41(53)43(54)38(55-22-60-59-21-31(30)26-16-17-45-19-26)35(49)37(40(51)52)58-42(43)56-28-14-15-29-32(18-28)57-36(39(44)50)33(34(29)48)25-10-12-27(47)13-11-25/h2-5,7-16,18-19,23,30-31,35-38,41-42,46-49,53-54H,6,17,20-22H2,1H3,(H2,44,50)(H,51,52). The number of amides is 1. The van der Waals surface area contributed by atoms with E-state index in [0.717, 1.165) is 11.1 Å². The highest BCUT2D eigenvalue weighted by molar-refractivity contribution is 8.76. The van der Waals surface area contributed by atoms with E-state index in [0.29, 0.717) is 24.3 Å². The molecule has 4 aliphatic heterocycles. The van der Waals surface area contributed by atoms with Gasteiger partial charge < -0.3 is 55.3 Å². The molecule has 2 saturated heterocycles. The highest BCUT2D eigenvalue weighted by atomic mass is 33.1. The van der Waals surface area contributed by atoms with Gasteiger partial charge in [0.05, 0.1) is 17.7 Å². The van der Waals surface area contributed by atoms with Gasteiger partial charge in [-0.25, -0.2) is 4.79 Å². The molecule has 318 valence electrons. The Bertz CT molecular complexity index is 2150. The molecule has 2 fully saturated rings. The third-order valence-corrected chi connectivity index (χ3v) is 13.3. The first-order valence-electron chi connectivity index (χ1n) is 19.3. The fourth-order valence-corrected chi connectivity index (χ4v) is 10.0. The van der Waals surface area contributed by atoms with Crippen LogP contribution in [0.4, 0.5) is 0 Å². The number of carbonyl (C=O) groups is 2. The van der Waals surface area contributed by atoms with Gasteiger partial charge in [-0.2, -0.15) is 0 Å². The number of aliphatic carboxylic acids is 1. The van der Waals surface area contributed by atoms with Gasteiger partial charge in [0.25, 0.3) is 5.91 Å². The van der Waals surface area contributed by atoms with Crippen molar-refractivity contribution in [2.45, 2.75) is 55.9 Å². The van der Waals surface area contributed by atoms with Crippen LogP contribution in [-0.2, 0) is 19.1 Å². The molecule has 0 aromatic heterocycles. The first kappa shape index (κ1) is 43.2. The first-order chi connectivity index (χ1) is 28.9. The zero-order valence-corrected chi connectivity index (χ0v) is 34.1. The number of carboxylic acids is 1. The monoisotopic (exact) mass is 861 g/mol. The molecule has 0 saturated carbocycles. The molecule has 0 bridgehead atoms. The summed E-state index contributed by atoms with van der Waals surface area (Å²) in [6.45, 7) is 2.85. The van der Waals surface area contributed by atoms with E-state index < -0.39 is 54.4 Å². The molecule has 0 spiro atoms. The zero-order chi connectivity index (χ0) is 42.6. The predicted octanol–water partition coefficient (Wildman–Crippen LogP) is 3.97. The van der Waals surface area contributed by atoms with E-state index in [2.05, 4.69) is 35.5 Å². The summed E-state index contributed by atoms with van der Waals surface area (Å²) >= 11 is 0. The smallest absolute Gasteiger partial charge is 0.335 e. The predicted molar refractivity (Wildman–Crippen MR) is 227 cm³/mol. The lowest BCUT2D eigenvalue weighted by Gasteiger charge is -2.50. The fraction of sp³-hybridized carbons (Fsp3) is 0.372. The van der Waals surface area contributed by atoms with Crippen molar-refractivity contribution in [2.24, 2.45) is 28.5 Å². The van der Waals surface area contributed by atoms with Crippen molar-refractivity contribution >= 4 is 57.1 Å². The number of nitrogens with one attached hydrogen (secondary N) is 1. The van der Waals surface area contributed by atoms with Crippen molar-refractivity contribution in [3.8, 4) is 17.2 Å². The molecule has 7 rings (SSSR count). The highest BCUT2D eigenvalue weighted by Gasteiger charge is 2.63.